The Kier molecular flexibility index (Phi) is 8.41. The summed E-state index contributed by atoms with van der Waals surface area (Å²) in [5.41, 5.74) is 1.95. The number of anilines is 1. The Labute approximate surface area is 224 Å². The highest BCUT2D eigenvalue weighted by molar-refractivity contribution is 7.92. The highest BCUT2D eigenvalue weighted by atomic mass is 32.2. The summed E-state index contributed by atoms with van der Waals surface area (Å²) >= 11 is 2.16. The van der Waals surface area contributed by atoms with Gasteiger partial charge in [-0.25, -0.2) is 13.4 Å². The zero-order valence-electron chi connectivity index (χ0n) is 19.9. The number of nitrogens with zero attached hydrogens (tertiary/aromatic N) is 4. The van der Waals surface area contributed by atoms with Crippen molar-refractivity contribution in [3.63, 3.8) is 0 Å². The third kappa shape index (κ3) is 6.74. The smallest absolute Gasteiger partial charge is 0.270 e. The Morgan fingerprint density at radius 1 is 1.18 bits per heavy atom. The first-order valence-corrected chi connectivity index (χ1v) is 14.5. The van der Waals surface area contributed by atoms with Crippen LogP contribution in [0.4, 0.5) is 10.8 Å². The maximum absolute atomic E-state index is 12.6. The fourth-order valence-electron chi connectivity index (χ4n) is 3.47. The molecule has 0 atom stereocenters. The van der Waals surface area contributed by atoms with Crippen LogP contribution in [0.3, 0.4) is 0 Å². The molecule has 0 saturated carbocycles. The maximum Gasteiger partial charge on any atom is 0.270 e. The number of hydrogen-bond acceptors (Lipinski definition) is 10. The second-order valence-electron chi connectivity index (χ2n) is 7.93. The summed E-state index contributed by atoms with van der Waals surface area (Å²) in [6.07, 6.45) is 0. The molecule has 198 valence electrons. The lowest BCUT2D eigenvalue weighted by molar-refractivity contribution is -0.384. The minimum Gasteiger partial charge on any atom is -0.383 e. The van der Waals surface area contributed by atoms with Crippen LogP contribution in [0, 0.1) is 10.1 Å². The number of nitro groups is 1. The van der Waals surface area contributed by atoms with Crippen molar-refractivity contribution in [2.75, 3.05) is 30.5 Å². The van der Waals surface area contributed by atoms with Crippen LogP contribution in [0.1, 0.15) is 0 Å². The highest BCUT2D eigenvalue weighted by Gasteiger charge is 2.22. The fourth-order valence-corrected chi connectivity index (χ4v) is 6.32. The lowest BCUT2D eigenvalue weighted by atomic mass is 10.2. The van der Waals surface area contributed by atoms with Crippen LogP contribution in [-0.2, 0) is 30.7 Å². The molecule has 4 aromatic rings. The van der Waals surface area contributed by atoms with Crippen molar-refractivity contribution in [3.05, 3.63) is 68.8 Å². The van der Waals surface area contributed by atoms with Crippen molar-refractivity contribution in [1.82, 2.24) is 9.55 Å². The van der Waals surface area contributed by atoms with E-state index < -0.39 is 38.1 Å². The van der Waals surface area contributed by atoms with E-state index in [-0.39, 0.29) is 28.8 Å². The highest BCUT2D eigenvalue weighted by Crippen LogP contribution is 2.25. The number of nitro benzene ring substituents is 1. The van der Waals surface area contributed by atoms with Crippen molar-refractivity contribution in [2.24, 2.45) is 4.99 Å². The summed E-state index contributed by atoms with van der Waals surface area (Å²) in [4.78, 5) is 43.9. The minimum absolute atomic E-state index is 0.125. The second kappa shape index (κ2) is 11.7. The molecule has 2 aromatic heterocycles. The molecule has 2 amide bonds. The Morgan fingerprint density at radius 2 is 1.95 bits per heavy atom. The van der Waals surface area contributed by atoms with Crippen molar-refractivity contribution in [1.29, 1.82) is 0 Å². The van der Waals surface area contributed by atoms with E-state index in [0.29, 0.717) is 15.9 Å². The molecular weight excluding hydrogens is 554 g/mol. The van der Waals surface area contributed by atoms with Crippen LogP contribution in [0.25, 0.3) is 21.5 Å². The molecule has 2 heterocycles. The van der Waals surface area contributed by atoms with Gasteiger partial charge in [0.2, 0.25) is 5.91 Å². The van der Waals surface area contributed by atoms with E-state index in [9.17, 15) is 28.1 Å². The van der Waals surface area contributed by atoms with E-state index >= 15 is 0 Å². The lowest BCUT2D eigenvalue weighted by Gasteiger charge is -2.04. The molecule has 0 bridgehead atoms. The number of sulfone groups is 1. The van der Waals surface area contributed by atoms with Gasteiger partial charge in [0.15, 0.2) is 19.8 Å². The Morgan fingerprint density at radius 3 is 2.66 bits per heavy atom. The molecule has 0 saturated heterocycles. The van der Waals surface area contributed by atoms with Gasteiger partial charge in [-0.05, 0) is 6.07 Å². The average molecular weight is 576 g/mol. The monoisotopic (exact) mass is 575 g/mol. The number of carbonyl (C=O) groups is 2. The van der Waals surface area contributed by atoms with Gasteiger partial charge in [-0.15, -0.1) is 11.3 Å². The van der Waals surface area contributed by atoms with Gasteiger partial charge in [-0.1, -0.05) is 41.7 Å². The van der Waals surface area contributed by atoms with Gasteiger partial charge in [-0.3, -0.25) is 19.7 Å². The number of aromatic nitrogens is 2. The molecule has 0 aliphatic rings. The van der Waals surface area contributed by atoms with Gasteiger partial charge in [0.25, 0.3) is 11.6 Å². The Bertz CT molecular complexity index is 1670. The maximum atomic E-state index is 12.6. The zero-order valence-corrected chi connectivity index (χ0v) is 22.3. The molecule has 0 aliphatic carbocycles. The average Bonchev–Trinajstić information content (AvgIpc) is 3.46. The van der Waals surface area contributed by atoms with E-state index in [1.807, 2.05) is 30.3 Å². The molecule has 0 spiro atoms. The van der Waals surface area contributed by atoms with Crippen LogP contribution >= 0.6 is 22.7 Å². The van der Waals surface area contributed by atoms with Crippen molar-refractivity contribution < 1.29 is 27.7 Å². The van der Waals surface area contributed by atoms with E-state index in [1.165, 1.54) is 25.3 Å². The number of rotatable bonds is 10. The number of benzene rings is 2. The molecule has 4 rings (SSSR count). The largest absolute Gasteiger partial charge is 0.383 e. The molecule has 0 aliphatic heterocycles. The van der Waals surface area contributed by atoms with Crippen LogP contribution in [-0.4, -0.2) is 59.9 Å². The molecular formula is C23H21N5O7S3. The summed E-state index contributed by atoms with van der Waals surface area (Å²) in [5.74, 6) is -3.69. The number of hydrogen-bond donors (Lipinski definition) is 1. The van der Waals surface area contributed by atoms with E-state index in [4.69, 9.17) is 4.74 Å². The van der Waals surface area contributed by atoms with Gasteiger partial charge >= 0.3 is 0 Å². The molecule has 0 radical (unpaired) electrons. The standard InChI is InChI=1S/C23H21N5O7S3/c1-35-10-9-27-18-8-7-16(28(31)32)11-19(18)37-23(27)26-21(30)14-38(33,34)13-20(29)25-22-24-17(12-36-22)15-5-3-2-4-6-15/h2-8,11-12H,9-10,13-14H2,1H3,(H,24,25,29). The third-order valence-corrected chi connectivity index (χ3v) is 8.32. The normalized spacial score (nSPS) is 12.1. The predicted molar refractivity (Wildman–Crippen MR) is 144 cm³/mol. The van der Waals surface area contributed by atoms with Crippen LogP contribution in [0.5, 0.6) is 0 Å². The first-order chi connectivity index (χ1) is 18.1. The van der Waals surface area contributed by atoms with Gasteiger partial charge in [0.05, 0.1) is 27.4 Å². The molecule has 0 unspecified atom stereocenters. The van der Waals surface area contributed by atoms with Crippen LogP contribution in [0.2, 0.25) is 0 Å². The number of carbonyl (C=O) groups excluding carboxylic acids is 2. The van der Waals surface area contributed by atoms with Crippen molar-refractivity contribution in [3.8, 4) is 11.3 Å². The van der Waals surface area contributed by atoms with Crippen molar-refractivity contribution in [2.45, 2.75) is 6.54 Å². The quantitative estimate of drug-likeness (QED) is 0.223. The molecule has 1 N–H and O–H groups in total. The van der Waals surface area contributed by atoms with Gasteiger partial charge in [0, 0.05) is 36.7 Å². The summed E-state index contributed by atoms with van der Waals surface area (Å²) in [7, 11) is -2.65. The second-order valence-corrected chi connectivity index (χ2v) is 11.9. The number of nitrogens with one attached hydrogen (secondary N) is 1. The minimum atomic E-state index is -4.14. The van der Waals surface area contributed by atoms with E-state index in [0.717, 1.165) is 28.2 Å². The summed E-state index contributed by atoms with van der Waals surface area (Å²) in [6.45, 7) is 0.555. The molecule has 12 nitrogen and oxygen atoms in total. The Balaban J connectivity index is 1.47. The first-order valence-electron chi connectivity index (χ1n) is 11.0. The van der Waals surface area contributed by atoms with Gasteiger partial charge in [-0.2, -0.15) is 4.99 Å². The fraction of sp³-hybridized carbons (Fsp3) is 0.217. The number of methoxy groups -OCH3 is 1. The van der Waals surface area contributed by atoms with Crippen LogP contribution < -0.4 is 10.1 Å². The number of non-ortho nitro benzene ring substituents is 1. The zero-order chi connectivity index (χ0) is 27.3. The third-order valence-electron chi connectivity index (χ3n) is 5.13. The molecule has 0 fully saturated rings. The van der Waals surface area contributed by atoms with E-state index in [2.05, 4.69) is 15.3 Å². The summed E-state index contributed by atoms with van der Waals surface area (Å²) in [5, 5.41) is 15.5. The van der Waals surface area contributed by atoms with Crippen molar-refractivity contribution >= 4 is 65.4 Å². The molecule has 2 aromatic carbocycles. The first kappa shape index (κ1) is 27.3. The van der Waals surface area contributed by atoms with Gasteiger partial charge in [0.1, 0.15) is 11.5 Å². The summed E-state index contributed by atoms with van der Waals surface area (Å²) < 4.78 is 32.3. The lowest BCUT2D eigenvalue weighted by Crippen LogP contribution is -2.28. The number of ether oxygens (including phenoxy) is 1. The molecule has 15 heteroatoms. The SMILES string of the molecule is COCCn1c(=NC(=O)CS(=O)(=O)CC(=O)Nc2nc(-c3ccccc3)cs2)sc2cc([N+](=O)[O-])ccc21. The molecule has 38 heavy (non-hydrogen) atoms. The number of fused-ring (bicyclic) bond motifs is 1. The Hall–Kier alpha value is -3.79. The number of thiazole rings is 2. The topological polar surface area (TPSA) is 163 Å². The number of amides is 2. The summed E-state index contributed by atoms with van der Waals surface area (Å²) in [6, 6.07) is 13.5. The van der Waals surface area contributed by atoms with E-state index in [1.54, 1.807) is 9.95 Å². The van der Waals surface area contributed by atoms with Crippen LogP contribution in [0.15, 0.2) is 58.9 Å². The van der Waals surface area contributed by atoms with Gasteiger partial charge < -0.3 is 14.6 Å². The predicted octanol–water partition coefficient (Wildman–Crippen LogP) is 2.86.